The molecular formula is C13H16ClN3O2S. The average Bonchev–Trinajstić information content (AvgIpc) is 2.74. The topological polar surface area (TPSA) is 67.8 Å². The summed E-state index contributed by atoms with van der Waals surface area (Å²) in [6, 6.07) is -0.417. The quantitative estimate of drug-likeness (QED) is 0.886. The number of nitrogens with one attached hydrogen (secondary N) is 1. The number of H-pyrrole nitrogens is 1. The van der Waals surface area contributed by atoms with E-state index in [-0.39, 0.29) is 16.6 Å². The molecule has 2 heterocycles. The number of hydrogen-bond donors (Lipinski definition) is 1. The Hall–Kier alpha value is -1.40. The van der Waals surface area contributed by atoms with Crippen molar-refractivity contribution in [1.82, 2.24) is 14.5 Å². The van der Waals surface area contributed by atoms with Gasteiger partial charge < -0.3 is 0 Å². The Morgan fingerprint density at radius 1 is 1.35 bits per heavy atom. The summed E-state index contributed by atoms with van der Waals surface area (Å²) in [6.07, 6.45) is 1.73. The number of aromatic nitrogens is 3. The van der Waals surface area contributed by atoms with E-state index in [0.717, 1.165) is 9.88 Å². The SMILES string of the molecule is Cc1cnc(C(C)n2c(=O)[nH]c(Cl)c(C(C)C)c2=O)s1. The van der Waals surface area contributed by atoms with Gasteiger partial charge in [-0.25, -0.2) is 9.78 Å². The summed E-state index contributed by atoms with van der Waals surface area (Å²) in [7, 11) is 0. The highest BCUT2D eigenvalue weighted by atomic mass is 35.5. The molecule has 0 bridgehead atoms. The van der Waals surface area contributed by atoms with Crippen molar-refractivity contribution in [2.45, 2.75) is 39.7 Å². The van der Waals surface area contributed by atoms with Gasteiger partial charge in [-0.1, -0.05) is 25.4 Å². The van der Waals surface area contributed by atoms with Crippen molar-refractivity contribution in [3.63, 3.8) is 0 Å². The van der Waals surface area contributed by atoms with Crippen LogP contribution in [0, 0.1) is 6.92 Å². The molecule has 0 saturated heterocycles. The van der Waals surface area contributed by atoms with E-state index in [1.807, 2.05) is 20.8 Å². The predicted octanol–water partition coefficient (Wildman–Crippen LogP) is 2.69. The monoisotopic (exact) mass is 313 g/mol. The molecule has 108 valence electrons. The molecule has 1 atom stereocenters. The maximum atomic E-state index is 12.5. The fourth-order valence-corrected chi connectivity index (χ4v) is 3.26. The number of aromatic amines is 1. The van der Waals surface area contributed by atoms with Gasteiger partial charge in [-0.05, 0) is 19.8 Å². The van der Waals surface area contributed by atoms with Gasteiger partial charge >= 0.3 is 5.69 Å². The van der Waals surface area contributed by atoms with Gasteiger partial charge in [-0.2, -0.15) is 0 Å². The van der Waals surface area contributed by atoms with E-state index < -0.39 is 11.7 Å². The first-order chi connectivity index (χ1) is 9.32. The van der Waals surface area contributed by atoms with Gasteiger partial charge in [0, 0.05) is 11.1 Å². The van der Waals surface area contributed by atoms with Crippen molar-refractivity contribution in [3.05, 3.63) is 47.6 Å². The Bertz CT molecular complexity index is 745. The van der Waals surface area contributed by atoms with E-state index in [2.05, 4.69) is 9.97 Å². The van der Waals surface area contributed by atoms with Crippen molar-refractivity contribution in [3.8, 4) is 0 Å². The van der Waals surface area contributed by atoms with Crippen molar-refractivity contribution in [2.75, 3.05) is 0 Å². The Morgan fingerprint density at radius 3 is 2.50 bits per heavy atom. The van der Waals surface area contributed by atoms with Gasteiger partial charge in [-0.15, -0.1) is 11.3 Å². The van der Waals surface area contributed by atoms with E-state index in [9.17, 15) is 9.59 Å². The Kier molecular flexibility index (Phi) is 4.15. The molecule has 20 heavy (non-hydrogen) atoms. The minimum Gasteiger partial charge on any atom is -0.297 e. The summed E-state index contributed by atoms with van der Waals surface area (Å²) >= 11 is 7.44. The van der Waals surface area contributed by atoms with Crippen LogP contribution in [-0.4, -0.2) is 14.5 Å². The largest absolute Gasteiger partial charge is 0.330 e. The Morgan fingerprint density at radius 2 is 2.00 bits per heavy atom. The first-order valence-electron chi connectivity index (χ1n) is 6.29. The third kappa shape index (κ3) is 2.58. The van der Waals surface area contributed by atoms with Crippen LogP contribution in [0.4, 0.5) is 0 Å². The molecule has 0 aromatic carbocycles. The van der Waals surface area contributed by atoms with Gasteiger partial charge in [0.2, 0.25) is 0 Å². The summed E-state index contributed by atoms with van der Waals surface area (Å²) in [5.41, 5.74) is -0.440. The van der Waals surface area contributed by atoms with E-state index in [4.69, 9.17) is 11.6 Å². The Labute approximate surface area is 125 Å². The van der Waals surface area contributed by atoms with Gasteiger partial charge in [0.25, 0.3) is 5.56 Å². The third-order valence-corrected chi connectivity index (χ3v) is 4.46. The molecule has 0 spiro atoms. The zero-order valence-corrected chi connectivity index (χ0v) is 13.3. The molecule has 0 fully saturated rings. The van der Waals surface area contributed by atoms with Crippen LogP contribution in [0.3, 0.4) is 0 Å². The van der Waals surface area contributed by atoms with Gasteiger partial charge in [0.05, 0.1) is 11.6 Å². The van der Waals surface area contributed by atoms with Crippen molar-refractivity contribution in [1.29, 1.82) is 0 Å². The first kappa shape index (κ1) is 15.0. The highest BCUT2D eigenvalue weighted by Gasteiger charge is 2.21. The summed E-state index contributed by atoms with van der Waals surface area (Å²) in [6.45, 7) is 7.45. The number of halogens is 1. The van der Waals surface area contributed by atoms with Crippen LogP contribution < -0.4 is 11.2 Å². The van der Waals surface area contributed by atoms with Gasteiger partial charge in [0.15, 0.2) is 0 Å². The molecule has 0 aliphatic carbocycles. The second-order valence-corrected chi connectivity index (χ2v) is 6.62. The normalized spacial score (nSPS) is 12.9. The van der Waals surface area contributed by atoms with E-state index in [1.54, 1.807) is 13.1 Å². The first-order valence-corrected chi connectivity index (χ1v) is 7.49. The molecule has 0 radical (unpaired) electrons. The van der Waals surface area contributed by atoms with Gasteiger partial charge in [0.1, 0.15) is 10.2 Å². The Balaban J connectivity index is 2.66. The van der Waals surface area contributed by atoms with Crippen molar-refractivity contribution >= 4 is 22.9 Å². The molecule has 2 aromatic heterocycles. The summed E-state index contributed by atoms with van der Waals surface area (Å²) < 4.78 is 1.18. The molecule has 0 amide bonds. The minimum atomic E-state index is -0.509. The van der Waals surface area contributed by atoms with Crippen LogP contribution >= 0.6 is 22.9 Å². The number of nitrogens with zero attached hydrogens (tertiary/aromatic N) is 2. The lowest BCUT2D eigenvalue weighted by atomic mass is 10.1. The maximum Gasteiger partial charge on any atom is 0.330 e. The fraction of sp³-hybridized carbons (Fsp3) is 0.462. The molecule has 2 rings (SSSR count). The van der Waals surface area contributed by atoms with Crippen molar-refractivity contribution in [2.24, 2.45) is 0 Å². The van der Waals surface area contributed by atoms with Crippen LogP contribution in [0.5, 0.6) is 0 Å². The predicted molar refractivity (Wildman–Crippen MR) is 81.1 cm³/mol. The highest BCUT2D eigenvalue weighted by molar-refractivity contribution is 7.11. The van der Waals surface area contributed by atoms with Gasteiger partial charge in [-0.3, -0.25) is 14.3 Å². The number of hydrogen-bond acceptors (Lipinski definition) is 4. The summed E-state index contributed by atoms with van der Waals surface area (Å²) in [5, 5.41) is 0.848. The minimum absolute atomic E-state index is 0.0664. The standard InChI is InChI=1S/C13H16ClN3O2S/c1-6(2)9-10(14)16-13(19)17(12(9)18)8(4)11-15-5-7(3)20-11/h5-6,8H,1-4H3,(H,16,19). The average molecular weight is 314 g/mol. The molecule has 2 aromatic rings. The molecule has 0 aliphatic heterocycles. The zero-order chi connectivity index (χ0) is 15.0. The number of aryl methyl sites for hydroxylation is 1. The molecule has 5 nitrogen and oxygen atoms in total. The van der Waals surface area contributed by atoms with Crippen LogP contribution in [0.2, 0.25) is 5.15 Å². The fourth-order valence-electron chi connectivity index (χ4n) is 2.07. The molecule has 0 aliphatic rings. The highest BCUT2D eigenvalue weighted by Crippen LogP contribution is 2.22. The zero-order valence-electron chi connectivity index (χ0n) is 11.7. The van der Waals surface area contributed by atoms with Crippen LogP contribution in [0.15, 0.2) is 15.8 Å². The molecule has 1 unspecified atom stereocenters. The lowest BCUT2D eigenvalue weighted by Crippen LogP contribution is -2.40. The lowest BCUT2D eigenvalue weighted by Gasteiger charge is -2.15. The number of rotatable bonds is 3. The third-order valence-electron chi connectivity index (χ3n) is 3.08. The van der Waals surface area contributed by atoms with E-state index >= 15 is 0 Å². The molecule has 7 heteroatoms. The smallest absolute Gasteiger partial charge is 0.297 e. The summed E-state index contributed by atoms with van der Waals surface area (Å²) in [5.74, 6) is -0.0664. The molecule has 0 saturated carbocycles. The second-order valence-electron chi connectivity index (χ2n) is 4.97. The van der Waals surface area contributed by atoms with E-state index in [1.165, 1.54) is 15.9 Å². The molecular weight excluding hydrogens is 298 g/mol. The number of thiazole rings is 1. The summed E-state index contributed by atoms with van der Waals surface area (Å²) in [4.78, 5) is 32.4. The maximum absolute atomic E-state index is 12.5. The molecule has 1 N–H and O–H groups in total. The van der Waals surface area contributed by atoms with Crippen molar-refractivity contribution < 1.29 is 0 Å². The second kappa shape index (κ2) is 5.54. The van der Waals surface area contributed by atoms with Crippen LogP contribution in [-0.2, 0) is 0 Å². The van der Waals surface area contributed by atoms with E-state index in [0.29, 0.717) is 5.56 Å². The lowest BCUT2D eigenvalue weighted by molar-refractivity contribution is 0.564. The van der Waals surface area contributed by atoms with Crippen LogP contribution in [0.25, 0.3) is 0 Å². The van der Waals surface area contributed by atoms with Crippen LogP contribution in [0.1, 0.15) is 48.2 Å².